The van der Waals surface area contributed by atoms with E-state index in [9.17, 15) is 14.4 Å². The molecule has 1 aliphatic carbocycles. The van der Waals surface area contributed by atoms with Gasteiger partial charge in [-0.1, -0.05) is 29.7 Å². The molecule has 41 heavy (non-hydrogen) atoms. The highest BCUT2D eigenvalue weighted by molar-refractivity contribution is 8.01. The molecule has 1 aromatic heterocycles. The Morgan fingerprint density at radius 1 is 1.15 bits per heavy atom. The van der Waals surface area contributed by atoms with Crippen molar-refractivity contribution in [2.75, 3.05) is 45.2 Å². The van der Waals surface area contributed by atoms with Gasteiger partial charge >= 0.3 is 6.09 Å². The average molecular weight is 602 g/mol. The van der Waals surface area contributed by atoms with Crippen LogP contribution in [0.15, 0.2) is 34.0 Å². The summed E-state index contributed by atoms with van der Waals surface area (Å²) in [5, 5.41) is 6.09. The second-order valence-electron chi connectivity index (χ2n) is 11.2. The lowest BCUT2D eigenvalue weighted by Gasteiger charge is -2.27. The number of carbonyl (C=O) groups is 3. The van der Waals surface area contributed by atoms with E-state index in [0.29, 0.717) is 24.8 Å². The summed E-state index contributed by atoms with van der Waals surface area (Å²) in [6.45, 7) is 14.1. The minimum absolute atomic E-state index is 0.0483. The summed E-state index contributed by atoms with van der Waals surface area (Å²) < 4.78 is 11.9. The molecule has 0 spiro atoms. The topological polar surface area (TPSA) is 113 Å². The monoisotopic (exact) mass is 601 g/mol. The number of anilines is 1. The fourth-order valence-corrected chi connectivity index (χ4v) is 6.32. The first-order valence-corrected chi connectivity index (χ1v) is 15.4. The van der Waals surface area contributed by atoms with Crippen LogP contribution >= 0.6 is 23.1 Å². The van der Waals surface area contributed by atoms with Crippen molar-refractivity contribution in [3.05, 3.63) is 36.0 Å². The number of methoxy groups -OCH3 is 1. The van der Waals surface area contributed by atoms with Gasteiger partial charge in [0.25, 0.3) is 0 Å². The van der Waals surface area contributed by atoms with Gasteiger partial charge in [-0.05, 0) is 64.7 Å². The van der Waals surface area contributed by atoms with Crippen LogP contribution < -0.4 is 15.4 Å². The molecule has 4 rings (SSSR count). The highest BCUT2D eigenvalue weighted by Crippen LogP contribution is 2.40. The van der Waals surface area contributed by atoms with Crippen molar-refractivity contribution in [1.82, 2.24) is 20.1 Å². The van der Waals surface area contributed by atoms with Gasteiger partial charge in [-0.25, -0.2) is 9.78 Å². The number of ether oxygens (including phenoxy) is 2. The molecule has 0 atom stereocenters. The maximum Gasteiger partial charge on any atom is 0.408 e. The molecule has 10 nitrogen and oxygen atoms in total. The van der Waals surface area contributed by atoms with Gasteiger partial charge in [0.15, 0.2) is 5.13 Å². The van der Waals surface area contributed by atoms with Gasteiger partial charge in [0, 0.05) is 48.3 Å². The molecule has 2 N–H and O–H groups in total. The van der Waals surface area contributed by atoms with Crippen LogP contribution in [0.2, 0.25) is 0 Å². The highest BCUT2D eigenvalue weighted by Gasteiger charge is 2.30. The number of carbonyl (C=O) groups excluding carboxylic acids is 3. The number of alkyl carbamates (subject to hydrolysis) is 1. The number of hydrogen-bond donors (Lipinski definition) is 2. The number of amides is 3. The van der Waals surface area contributed by atoms with Gasteiger partial charge in [-0.15, -0.1) is 0 Å². The second kappa shape index (κ2) is 13.2. The number of aromatic nitrogens is 1. The van der Waals surface area contributed by atoms with E-state index in [1.807, 2.05) is 13.0 Å². The van der Waals surface area contributed by atoms with Crippen molar-refractivity contribution in [2.45, 2.75) is 61.7 Å². The molecule has 1 aliphatic heterocycles. The van der Waals surface area contributed by atoms with E-state index in [2.05, 4.69) is 33.2 Å². The Bertz CT molecular complexity index is 1300. The van der Waals surface area contributed by atoms with E-state index in [-0.39, 0.29) is 24.3 Å². The molecule has 2 aromatic rings. The number of nitrogens with zero attached hydrogens (tertiary/aromatic N) is 3. The third kappa shape index (κ3) is 8.62. The van der Waals surface area contributed by atoms with E-state index in [1.165, 1.54) is 11.3 Å². The van der Waals surface area contributed by atoms with Crippen LogP contribution in [0.25, 0.3) is 5.70 Å². The molecular formula is C29H39N5O5S2. The molecule has 2 heterocycles. The second-order valence-corrected chi connectivity index (χ2v) is 13.6. The van der Waals surface area contributed by atoms with Crippen molar-refractivity contribution in [1.29, 1.82) is 0 Å². The zero-order valence-electron chi connectivity index (χ0n) is 24.4. The number of rotatable bonds is 9. The van der Waals surface area contributed by atoms with E-state index in [4.69, 9.17) is 9.47 Å². The largest absolute Gasteiger partial charge is 0.496 e. The third-order valence-corrected chi connectivity index (χ3v) is 8.87. The lowest BCUT2D eigenvalue weighted by Crippen LogP contribution is -2.43. The molecule has 0 radical (unpaired) electrons. The Kier molecular flexibility index (Phi) is 9.85. The van der Waals surface area contributed by atoms with Crippen LogP contribution in [0.4, 0.5) is 9.93 Å². The molecule has 1 saturated heterocycles. The lowest BCUT2D eigenvalue weighted by molar-refractivity contribution is -0.130. The molecule has 1 aromatic carbocycles. The Balaban J connectivity index is 1.39. The van der Waals surface area contributed by atoms with Gasteiger partial charge < -0.3 is 29.9 Å². The fourth-order valence-electron chi connectivity index (χ4n) is 4.37. The van der Waals surface area contributed by atoms with Crippen molar-refractivity contribution < 1.29 is 23.9 Å². The number of benzene rings is 1. The minimum Gasteiger partial charge on any atom is -0.496 e. The van der Waals surface area contributed by atoms with Crippen LogP contribution in [0, 0.1) is 12.8 Å². The van der Waals surface area contributed by atoms with E-state index >= 15 is 0 Å². The molecule has 2 fully saturated rings. The predicted molar refractivity (Wildman–Crippen MR) is 161 cm³/mol. The highest BCUT2D eigenvalue weighted by atomic mass is 32.2. The van der Waals surface area contributed by atoms with Gasteiger partial charge in [0.2, 0.25) is 11.8 Å². The first-order chi connectivity index (χ1) is 19.4. The van der Waals surface area contributed by atoms with Crippen molar-refractivity contribution in [3.63, 3.8) is 0 Å². The Morgan fingerprint density at radius 3 is 2.54 bits per heavy atom. The molecule has 222 valence electrons. The maximum atomic E-state index is 12.8. The molecule has 2 aliphatic rings. The zero-order chi connectivity index (χ0) is 29.7. The molecular weight excluding hydrogens is 562 g/mol. The summed E-state index contributed by atoms with van der Waals surface area (Å²) in [7, 11) is 1.65. The van der Waals surface area contributed by atoms with E-state index < -0.39 is 11.7 Å². The number of hydrogen-bond acceptors (Lipinski definition) is 9. The van der Waals surface area contributed by atoms with Gasteiger partial charge in [-0.2, -0.15) is 0 Å². The summed E-state index contributed by atoms with van der Waals surface area (Å²) in [6, 6.07) is 4.09. The molecule has 12 heteroatoms. The number of thiazole rings is 1. The van der Waals surface area contributed by atoms with Gasteiger partial charge in [0.1, 0.15) is 17.9 Å². The SMILES string of the molecule is C=C(c1cc(Sc2cnc(NC(=O)C3CC3)s2)c(C)cc1OC)N1CCCN(C(=O)CNC(=O)OC(C)(C)C)CC1. The average Bonchev–Trinajstić information content (AvgIpc) is 3.71. The Hall–Kier alpha value is -3.25. The Morgan fingerprint density at radius 2 is 1.85 bits per heavy atom. The van der Waals surface area contributed by atoms with Crippen molar-refractivity contribution >= 4 is 51.8 Å². The Labute approximate surface area is 249 Å². The van der Waals surface area contributed by atoms with Crippen LogP contribution in [-0.2, 0) is 14.3 Å². The first kappa shape index (κ1) is 30.7. The van der Waals surface area contributed by atoms with Crippen LogP contribution in [-0.4, -0.2) is 78.1 Å². The smallest absolute Gasteiger partial charge is 0.408 e. The third-order valence-electron chi connectivity index (χ3n) is 6.69. The summed E-state index contributed by atoms with van der Waals surface area (Å²) in [5.41, 5.74) is 2.15. The summed E-state index contributed by atoms with van der Waals surface area (Å²) in [4.78, 5) is 46.2. The standard InChI is InChI=1S/C29H39N5O5S2/c1-18-14-22(38-6)21(15-23(18)40-25-17-30-27(41-25)32-26(36)20-8-9-20)19(2)33-10-7-11-34(13-12-33)24(35)16-31-28(37)39-29(3,4)5/h14-15,17,20H,2,7-13,16H2,1,3-6H3,(H,31,37)(H,30,32,36). The van der Waals surface area contributed by atoms with Crippen LogP contribution in [0.1, 0.15) is 51.2 Å². The summed E-state index contributed by atoms with van der Waals surface area (Å²) in [5.74, 6) is 0.766. The maximum absolute atomic E-state index is 12.8. The van der Waals surface area contributed by atoms with Crippen molar-refractivity contribution in [2.24, 2.45) is 5.92 Å². The predicted octanol–water partition coefficient (Wildman–Crippen LogP) is 4.99. The summed E-state index contributed by atoms with van der Waals surface area (Å²) in [6.07, 6.45) is 3.85. The quantitative estimate of drug-likeness (QED) is 0.414. The van der Waals surface area contributed by atoms with Crippen LogP contribution in [0.5, 0.6) is 5.75 Å². The first-order valence-electron chi connectivity index (χ1n) is 13.8. The zero-order valence-corrected chi connectivity index (χ0v) is 26.0. The summed E-state index contributed by atoms with van der Waals surface area (Å²) >= 11 is 3.06. The van der Waals surface area contributed by atoms with Gasteiger partial charge in [0.05, 0.1) is 17.5 Å². The number of nitrogens with one attached hydrogen (secondary N) is 2. The van der Waals surface area contributed by atoms with E-state index in [1.54, 1.807) is 50.7 Å². The molecule has 0 unspecified atom stereocenters. The lowest BCUT2D eigenvalue weighted by atomic mass is 10.1. The van der Waals surface area contributed by atoms with E-state index in [0.717, 1.165) is 57.5 Å². The normalized spacial score (nSPS) is 15.6. The van der Waals surface area contributed by atoms with Crippen molar-refractivity contribution in [3.8, 4) is 5.75 Å². The molecule has 1 saturated carbocycles. The minimum atomic E-state index is -0.622. The van der Waals surface area contributed by atoms with Gasteiger partial charge in [-0.3, -0.25) is 9.59 Å². The fraction of sp³-hybridized carbons (Fsp3) is 0.517. The number of aryl methyl sites for hydroxylation is 1. The molecule has 0 bridgehead atoms. The van der Waals surface area contributed by atoms with Crippen LogP contribution in [0.3, 0.4) is 0 Å². The molecule has 3 amide bonds.